The Kier molecular flexibility index (Phi) is 8.45. The van der Waals surface area contributed by atoms with E-state index in [1.807, 2.05) is 13.0 Å². The number of aliphatic hydroxyl groups excluding tert-OH is 1. The molecule has 1 atom stereocenters. The van der Waals surface area contributed by atoms with Gasteiger partial charge in [0.2, 0.25) is 0 Å². The van der Waals surface area contributed by atoms with Crippen LogP contribution in [0.15, 0.2) is 12.1 Å². The molecule has 120 valence electrons. The van der Waals surface area contributed by atoms with Gasteiger partial charge in [0.15, 0.2) is 11.5 Å². The SMILES string of the molecule is COCCNCc1cc(Cl)cc(OC)c1OCC(C)CO. The fourth-order valence-corrected chi connectivity index (χ4v) is 1.98. The smallest absolute Gasteiger partial charge is 0.165 e. The monoisotopic (exact) mass is 317 g/mol. The van der Waals surface area contributed by atoms with Crippen LogP contribution in [-0.2, 0) is 11.3 Å². The van der Waals surface area contributed by atoms with Crippen molar-refractivity contribution >= 4 is 11.6 Å². The highest BCUT2D eigenvalue weighted by Crippen LogP contribution is 2.35. The van der Waals surface area contributed by atoms with Crippen LogP contribution in [-0.4, -0.2) is 45.7 Å². The molecule has 0 aliphatic rings. The predicted molar refractivity (Wildman–Crippen MR) is 83.3 cm³/mol. The van der Waals surface area contributed by atoms with Crippen molar-refractivity contribution in [1.29, 1.82) is 0 Å². The van der Waals surface area contributed by atoms with Crippen molar-refractivity contribution in [3.63, 3.8) is 0 Å². The molecule has 0 aliphatic carbocycles. The number of halogens is 1. The van der Waals surface area contributed by atoms with Crippen molar-refractivity contribution in [1.82, 2.24) is 5.32 Å². The number of rotatable bonds is 10. The van der Waals surface area contributed by atoms with Gasteiger partial charge in [0.05, 0.1) is 20.3 Å². The Hall–Kier alpha value is -1.01. The molecule has 0 aliphatic heterocycles. The number of hydrogen-bond acceptors (Lipinski definition) is 5. The molecular weight excluding hydrogens is 294 g/mol. The van der Waals surface area contributed by atoms with Crippen LogP contribution in [0.2, 0.25) is 5.02 Å². The topological polar surface area (TPSA) is 60.0 Å². The van der Waals surface area contributed by atoms with Crippen LogP contribution in [0.1, 0.15) is 12.5 Å². The summed E-state index contributed by atoms with van der Waals surface area (Å²) in [6.07, 6.45) is 0. The fraction of sp³-hybridized carbons (Fsp3) is 0.600. The van der Waals surface area contributed by atoms with Gasteiger partial charge in [0.25, 0.3) is 0 Å². The molecule has 0 heterocycles. The van der Waals surface area contributed by atoms with Gasteiger partial charge in [0, 0.05) is 49.4 Å². The highest BCUT2D eigenvalue weighted by molar-refractivity contribution is 6.30. The maximum Gasteiger partial charge on any atom is 0.165 e. The van der Waals surface area contributed by atoms with Gasteiger partial charge in [-0.15, -0.1) is 0 Å². The maximum atomic E-state index is 9.09. The first-order valence-corrected chi connectivity index (χ1v) is 7.29. The van der Waals surface area contributed by atoms with E-state index in [0.717, 1.165) is 12.1 Å². The number of aliphatic hydroxyl groups is 1. The summed E-state index contributed by atoms with van der Waals surface area (Å²) >= 11 is 6.10. The van der Waals surface area contributed by atoms with Gasteiger partial charge in [-0.25, -0.2) is 0 Å². The number of nitrogens with one attached hydrogen (secondary N) is 1. The highest BCUT2D eigenvalue weighted by Gasteiger charge is 2.14. The number of benzene rings is 1. The average Bonchev–Trinajstić information content (AvgIpc) is 2.49. The van der Waals surface area contributed by atoms with Gasteiger partial charge in [0.1, 0.15) is 0 Å². The minimum atomic E-state index is 0.0553. The summed E-state index contributed by atoms with van der Waals surface area (Å²) in [5.74, 6) is 1.31. The summed E-state index contributed by atoms with van der Waals surface area (Å²) in [5.41, 5.74) is 0.917. The van der Waals surface area contributed by atoms with E-state index in [1.165, 1.54) is 0 Å². The average molecular weight is 318 g/mol. The molecular formula is C15H24ClNO4. The van der Waals surface area contributed by atoms with E-state index in [-0.39, 0.29) is 12.5 Å². The minimum Gasteiger partial charge on any atom is -0.493 e. The Bertz CT molecular complexity index is 428. The van der Waals surface area contributed by atoms with Crippen molar-refractivity contribution in [3.8, 4) is 11.5 Å². The van der Waals surface area contributed by atoms with Gasteiger partial charge in [-0.3, -0.25) is 0 Å². The third-order valence-electron chi connectivity index (χ3n) is 2.94. The Morgan fingerprint density at radius 2 is 2.10 bits per heavy atom. The molecule has 0 spiro atoms. The van der Waals surface area contributed by atoms with Crippen LogP contribution in [0.4, 0.5) is 0 Å². The van der Waals surface area contributed by atoms with E-state index in [4.69, 9.17) is 30.9 Å². The molecule has 0 saturated carbocycles. The lowest BCUT2D eigenvalue weighted by Crippen LogP contribution is -2.20. The Labute approximate surface area is 131 Å². The van der Waals surface area contributed by atoms with Gasteiger partial charge >= 0.3 is 0 Å². The lowest BCUT2D eigenvalue weighted by atomic mass is 10.1. The van der Waals surface area contributed by atoms with Gasteiger partial charge < -0.3 is 24.6 Å². The van der Waals surface area contributed by atoms with Crippen LogP contribution in [0.3, 0.4) is 0 Å². The molecule has 1 rings (SSSR count). The normalized spacial score (nSPS) is 12.2. The van der Waals surface area contributed by atoms with Crippen LogP contribution < -0.4 is 14.8 Å². The fourth-order valence-electron chi connectivity index (χ4n) is 1.75. The van der Waals surface area contributed by atoms with E-state index in [1.54, 1.807) is 20.3 Å². The van der Waals surface area contributed by atoms with Crippen LogP contribution >= 0.6 is 11.6 Å². The number of hydrogen-bond donors (Lipinski definition) is 2. The molecule has 0 fully saturated rings. The molecule has 5 nitrogen and oxygen atoms in total. The first-order valence-electron chi connectivity index (χ1n) is 6.92. The predicted octanol–water partition coefficient (Wildman–Crippen LogP) is 2.09. The second kappa shape index (κ2) is 9.84. The van der Waals surface area contributed by atoms with E-state index >= 15 is 0 Å². The van der Waals surface area contributed by atoms with Crippen molar-refractivity contribution in [2.45, 2.75) is 13.5 Å². The molecule has 21 heavy (non-hydrogen) atoms. The lowest BCUT2D eigenvalue weighted by Gasteiger charge is -2.18. The first-order chi connectivity index (χ1) is 10.1. The van der Waals surface area contributed by atoms with E-state index in [2.05, 4.69) is 5.32 Å². The summed E-state index contributed by atoms with van der Waals surface area (Å²) in [4.78, 5) is 0. The summed E-state index contributed by atoms with van der Waals surface area (Å²) in [7, 11) is 3.24. The van der Waals surface area contributed by atoms with E-state index in [0.29, 0.717) is 36.3 Å². The second-order valence-electron chi connectivity index (χ2n) is 4.86. The zero-order valence-electron chi connectivity index (χ0n) is 12.8. The molecule has 1 aromatic carbocycles. The summed E-state index contributed by atoms with van der Waals surface area (Å²) < 4.78 is 16.1. The minimum absolute atomic E-state index is 0.0553. The molecule has 0 aromatic heterocycles. The Morgan fingerprint density at radius 3 is 2.71 bits per heavy atom. The highest BCUT2D eigenvalue weighted by atomic mass is 35.5. The molecule has 2 N–H and O–H groups in total. The third kappa shape index (κ3) is 6.09. The van der Waals surface area contributed by atoms with Crippen molar-refractivity contribution in [2.24, 2.45) is 5.92 Å². The number of methoxy groups -OCH3 is 2. The van der Waals surface area contributed by atoms with Crippen molar-refractivity contribution in [3.05, 3.63) is 22.7 Å². The second-order valence-corrected chi connectivity index (χ2v) is 5.30. The lowest BCUT2D eigenvalue weighted by molar-refractivity contribution is 0.170. The summed E-state index contributed by atoms with van der Waals surface area (Å²) in [6.45, 7) is 4.38. The molecule has 0 radical (unpaired) electrons. The summed E-state index contributed by atoms with van der Waals surface area (Å²) in [5, 5.41) is 12.9. The molecule has 1 unspecified atom stereocenters. The van der Waals surface area contributed by atoms with E-state index in [9.17, 15) is 0 Å². The van der Waals surface area contributed by atoms with Gasteiger partial charge in [-0.2, -0.15) is 0 Å². The first kappa shape index (κ1) is 18.0. The van der Waals surface area contributed by atoms with Crippen LogP contribution in [0, 0.1) is 5.92 Å². The van der Waals surface area contributed by atoms with Crippen LogP contribution in [0.5, 0.6) is 11.5 Å². The Morgan fingerprint density at radius 1 is 1.33 bits per heavy atom. The standard InChI is InChI=1S/C15H24ClNO4/c1-11(9-18)10-21-15-12(8-17-4-5-19-2)6-13(16)7-14(15)20-3/h6-7,11,17-18H,4-5,8-10H2,1-3H3. The van der Waals surface area contributed by atoms with Gasteiger partial charge in [-0.1, -0.05) is 18.5 Å². The zero-order chi connectivity index (χ0) is 15.7. The molecule has 6 heteroatoms. The van der Waals surface area contributed by atoms with Crippen molar-refractivity contribution in [2.75, 3.05) is 40.6 Å². The van der Waals surface area contributed by atoms with E-state index < -0.39 is 0 Å². The largest absolute Gasteiger partial charge is 0.493 e. The zero-order valence-corrected chi connectivity index (χ0v) is 13.6. The van der Waals surface area contributed by atoms with Crippen LogP contribution in [0.25, 0.3) is 0 Å². The molecule has 0 amide bonds. The number of ether oxygens (including phenoxy) is 3. The quantitative estimate of drug-likeness (QED) is 0.647. The Balaban J connectivity index is 2.83. The van der Waals surface area contributed by atoms with Crippen molar-refractivity contribution < 1.29 is 19.3 Å². The summed E-state index contributed by atoms with van der Waals surface area (Å²) in [6, 6.07) is 3.57. The molecule has 0 saturated heterocycles. The third-order valence-corrected chi connectivity index (χ3v) is 3.16. The molecule has 0 bridgehead atoms. The molecule has 1 aromatic rings. The van der Waals surface area contributed by atoms with Gasteiger partial charge in [-0.05, 0) is 6.07 Å². The maximum absolute atomic E-state index is 9.09.